The van der Waals surface area contributed by atoms with Gasteiger partial charge in [0.2, 0.25) is 5.95 Å². The molecule has 0 radical (unpaired) electrons. The van der Waals surface area contributed by atoms with E-state index in [1.54, 1.807) is 49.4 Å². The van der Waals surface area contributed by atoms with Gasteiger partial charge in [-0.15, -0.1) is 0 Å². The van der Waals surface area contributed by atoms with Crippen LogP contribution in [0.1, 0.15) is 34.7 Å². The molecular weight excluding hydrogens is 518 g/mol. The molecule has 0 bridgehead atoms. The Kier molecular flexibility index (Phi) is 8.67. The lowest BCUT2D eigenvalue weighted by molar-refractivity contribution is 0.0764. The van der Waals surface area contributed by atoms with Crippen molar-refractivity contribution in [2.75, 3.05) is 37.9 Å². The van der Waals surface area contributed by atoms with Gasteiger partial charge in [-0.05, 0) is 50.2 Å². The van der Waals surface area contributed by atoms with Crippen LogP contribution in [-0.4, -0.2) is 58.5 Å². The number of carbonyl (C=O) groups excluding carboxylic acids is 2. The number of anilines is 4. The van der Waals surface area contributed by atoms with Crippen LogP contribution in [0.2, 0.25) is 5.02 Å². The van der Waals surface area contributed by atoms with Gasteiger partial charge in [0.25, 0.3) is 11.8 Å². The van der Waals surface area contributed by atoms with Crippen LogP contribution in [0.15, 0.2) is 67.0 Å². The summed E-state index contributed by atoms with van der Waals surface area (Å²) in [5.74, 6) is 0.840. The molecule has 4 rings (SSSR count). The van der Waals surface area contributed by atoms with Gasteiger partial charge in [-0.2, -0.15) is 4.98 Å². The number of hydrogen-bond donors (Lipinski definition) is 3. The molecule has 3 N–H and O–H groups in total. The first-order valence-corrected chi connectivity index (χ1v) is 12.8. The van der Waals surface area contributed by atoms with Crippen molar-refractivity contribution in [3.8, 4) is 11.4 Å². The third kappa shape index (κ3) is 5.96. The molecule has 0 spiro atoms. The minimum Gasteiger partial charge on any atom is -0.494 e. The Morgan fingerprint density at radius 1 is 1.03 bits per heavy atom. The van der Waals surface area contributed by atoms with Crippen LogP contribution in [0.25, 0.3) is 5.69 Å². The molecule has 0 fully saturated rings. The van der Waals surface area contributed by atoms with Gasteiger partial charge in [0.15, 0.2) is 5.82 Å². The second-order valence-corrected chi connectivity index (χ2v) is 8.80. The van der Waals surface area contributed by atoms with E-state index >= 15 is 0 Å². The highest BCUT2D eigenvalue weighted by Crippen LogP contribution is 2.32. The maximum atomic E-state index is 13.0. The SMILES string of the molecule is CCN(CC)C(=O)c1cccn1-c1ccc(Nc2ncc(Cl)c(Nc3ccccc3C(=O)NC)n2)c(OC)c1. The van der Waals surface area contributed by atoms with E-state index < -0.39 is 0 Å². The number of nitrogens with zero attached hydrogens (tertiary/aromatic N) is 4. The van der Waals surface area contributed by atoms with Crippen molar-refractivity contribution in [3.63, 3.8) is 0 Å². The van der Waals surface area contributed by atoms with Crippen LogP contribution in [0.3, 0.4) is 0 Å². The number of para-hydroxylation sites is 1. The van der Waals surface area contributed by atoms with Gasteiger partial charge in [-0.1, -0.05) is 23.7 Å². The fraction of sp³-hybridized carbons (Fsp3) is 0.214. The van der Waals surface area contributed by atoms with E-state index in [1.807, 2.05) is 48.9 Å². The largest absolute Gasteiger partial charge is 0.494 e. The van der Waals surface area contributed by atoms with E-state index in [9.17, 15) is 9.59 Å². The summed E-state index contributed by atoms with van der Waals surface area (Å²) in [6.45, 7) is 5.17. The number of nitrogens with one attached hydrogen (secondary N) is 3. The number of aromatic nitrogens is 3. The molecule has 0 aliphatic carbocycles. The van der Waals surface area contributed by atoms with Crippen LogP contribution >= 0.6 is 11.6 Å². The molecule has 0 aliphatic rings. The van der Waals surface area contributed by atoms with Crippen molar-refractivity contribution in [3.05, 3.63) is 83.3 Å². The molecule has 4 aromatic rings. The third-order valence-electron chi connectivity index (χ3n) is 6.12. The van der Waals surface area contributed by atoms with Crippen LogP contribution in [0.5, 0.6) is 5.75 Å². The predicted octanol–water partition coefficient (Wildman–Crippen LogP) is 5.26. The zero-order valence-corrected chi connectivity index (χ0v) is 22.9. The van der Waals surface area contributed by atoms with Gasteiger partial charge in [-0.25, -0.2) is 4.98 Å². The summed E-state index contributed by atoms with van der Waals surface area (Å²) in [6, 6.07) is 16.2. The first-order chi connectivity index (χ1) is 18.9. The van der Waals surface area contributed by atoms with Gasteiger partial charge in [0, 0.05) is 38.1 Å². The van der Waals surface area contributed by atoms with Crippen molar-refractivity contribution in [2.45, 2.75) is 13.8 Å². The molecule has 2 heterocycles. The van der Waals surface area contributed by atoms with E-state index in [2.05, 4.69) is 25.9 Å². The zero-order chi connectivity index (χ0) is 27.9. The Balaban J connectivity index is 1.61. The Hall–Kier alpha value is -4.57. The monoisotopic (exact) mass is 547 g/mol. The summed E-state index contributed by atoms with van der Waals surface area (Å²) in [4.78, 5) is 35.8. The normalized spacial score (nSPS) is 10.6. The van der Waals surface area contributed by atoms with Crippen LogP contribution < -0.4 is 20.7 Å². The standard InChI is InChI=1S/C28H30ClN7O3/c1-5-35(6-2)27(38)23-12-9-15-36(23)18-13-14-22(24(16-18)39-4)33-28-31-17-20(29)25(34-28)32-21-11-8-7-10-19(21)26(37)30-3/h7-17H,5-6H2,1-4H3,(H,30,37)(H2,31,32,33,34). The Morgan fingerprint density at radius 3 is 2.51 bits per heavy atom. The van der Waals surface area contributed by atoms with Crippen molar-refractivity contribution in [1.82, 2.24) is 24.8 Å². The Bertz CT molecular complexity index is 1480. The highest BCUT2D eigenvalue weighted by molar-refractivity contribution is 6.33. The lowest BCUT2D eigenvalue weighted by Gasteiger charge is -2.20. The first-order valence-electron chi connectivity index (χ1n) is 12.4. The van der Waals surface area contributed by atoms with Crippen molar-refractivity contribution in [2.24, 2.45) is 0 Å². The maximum Gasteiger partial charge on any atom is 0.270 e. The highest BCUT2D eigenvalue weighted by Gasteiger charge is 2.18. The number of ether oxygens (including phenoxy) is 1. The van der Waals surface area contributed by atoms with E-state index in [4.69, 9.17) is 16.3 Å². The molecule has 2 aromatic heterocycles. The van der Waals surface area contributed by atoms with E-state index in [1.165, 1.54) is 6.20 Å². The molecule has 202 valence electrons. The quantitative estimate of drug-likeness (QED) is 0.248. The lowest BCUT2D eigenvalue weighted by Crippen LogP contribution is -2.31. The summed E-state index contributed by atoms with van der Waals surface area (Å²) < 4.78 is 7.47. The number of amides is 2. The Morgan fingerprint density at radius 2 is 1.79 bits per heavy atom. The average Bonchev–Trinajstić information content (AvgIpc) is 3.45. The molecule has 11 heteroatoms. The minimum absolute atomic E-state index is 0.0428. The number of hydrogen-bond acceptors (Lipinski definition) is 7. The molecular formula is C28H30ClN7O3. The summed E-state index contributed by atoms with van der Waals surface area (Å²) in [6.07, 6.45) is 3.31. The first kappa shape index (κ1) is 27.5. The van der Waals surface area contributed by atoms with Crippen LogP contribution in [0, 0.1) is 0 Å². The molecule has 0 unspecified atom stereocenters. The van der Waals surface area contributed by atoms with Crippen molar-refractivity contribution < 1.29 is 14.3 Å². The smallest absolute Gasteiger partial charge is 0.270 e. The molecule has 2 aromatic carbocycles. The predicted molar refractivity (Wildman–Crippen MR) is 153 cm³/mol. The van der Waals surface area contributed by atoms with Gasteiger partial charge in [0.1, 0.15) is 16.5 Å². The molecule has 0 saturated carbocycles. The van der Waals surface area contributed by atoms with Crippen molar-refractivity contribution in [1.29, 1.82) is 0 Å². The molecule has 10 nitrogen and oxygen atoms in total. The summed E-state index contributed by atoms with van der Waals surface area (Å²) in [5.41, 5.74) is 2.94. The summed E-state index contributed by atoms with van der Waals surface area (Å²) in [5, 5.41) is 9.19. The number of carbonyl (C=O) groups is 2. The third-order valence-corrected chi connectivity index (χ3v) is 6.40. The van der Waals surface area contributed by atoms with Gasteiger partial charge < -0.3 is 30.2 Å². The summed E-state index contributed by atoms with van der Waals surface area (Å²) >= 11 is 6.36. The van der Waals surface area contributed by atoms with E-state index in [0.717, 1.165) is 5.69 Å². The second kappa shape index (κ2) is 12.3. The molecule has 39 heavy (non-hydrogen) atoms. The molecule has 0 atom stereocenters. The highest BCUT2D eigenvalue weighted by atomic mass is 35.5. The fourth-order valence-corrected chi connectivity index (χ4v) is 4.21. The van der Waals surface area contributed by atoms with E-state index in [0.29, 0.717) is 47.3 Å². The average molecular weight is 548 g/mol. The number of rotatable bonds is 10. The topological polar surface area (TPSA) is 113 Å². The molecule has 2 amide bonds. The van der Waals surface area contributed by atoms with Gasteiger partial charge >= 0.3 is 0 Å². The van der Waals surface area contributed by atoms with Crippen LogP contribution in [0.4, 0.5) is 23.1 Å². The Labute approximate surface area is 232 Å². The number of halogens is 1. The second-order valence-electron chi connectivity index (χ2n) is 8.39. The van der Waals surface area contributed by atoms with Gasteiger partial charge in [0.05, 0.1) is 30.2 Å². The number of methoxy groups -OCH3 is 1. The lowest BCUT2D eigenvalue weighted by atomic mass is 10.1. The van der Waals surface area contributed by atoms with Crippen LogP contribution in [-0.2, 0) is 0 Å². The molecule has 0 saturated heterocycles. The minimum atomic E-state index is -0.240. The van der Waals surface area contributed by atoms with Crippen molar-refractivity contribution >= 4 is 46.6 Å². The summed E-state index contributed by atoms with van der Waals surface area (Å²) in [7, 11) is 3.13. The number of benzene rings is 2. The van der Waals surface area contributed by atoms with Gasteiger partial charge in [-0.3, -0.25) is 9.59 Å². The fourth-order valence-electron chi connectivity index (χ4n) is 4.07. The molecule has 0 aliphatic heterocycles. The zero-order valence-electron chi connectivity index (χ0n) is 22.2. The van der Waals surface area contributed by atoms with E-state index in [-0.39, 0.29) is 22.8 Å². The maximum absolute atomic E-state index is 13.0.